The molecule has 0 saturated carbocycles. The molecule has 12 heteroatoms. The lowest BCUT2D eigenvalue weighted by molar-refractivity contribution is -0.131. The number of benzene rings is 1. The number of nitrogens with zero attached hydrogens (tertiary/aromatic N) is 4. The number of anilines is 2. The van der Waals surface area contributed by atoms with E-state index in [-0.39, 0.29) is 18.2 Å². The molecule has 0 atom stereocenters. The maximum absolute atomic E-state index is 13.0. The lowest BCUT2D eigenvalue weighted by Crippen LogP contribution is -2.37. The van der Waals surface area contributed by atoms with Gasteiger partial charge in [0.2, 0.25) is 15.9 Å². The molecule has 3 heterocycles. The quantitative estimate of drug-likeness (QED) is 0.502. The van der Waals surface area contributed by atoms with Gasteiger partial charge in [0, 0.05) is 55.4 Å². The van der Waals surface area contributed by atoms with Crippen LogP contribution in [0.1, 0.15) is 27.4 Å². The predicted molar refractivity (Wildman–Crippen MR) is 117 cm³/mol. The number of hydrogen-bond donors (Lipinski definition) is 3. The van der Waals surface area contributed by atoms with Crippen LogP contribution in [-0.2, 0) is 41.3 Å². The lowest BCUT2D eigenvalue weighted by Gasteiger charge is -2.26. The number of aromatic nitrogens is 4. The van der Waals surface area contributed by atoms with Crippen LogP contribution in [0.4, 0.5) is 11.4 Å². The third-order valence-electron chi connectivity index (χ3n) is 5.11. The molecule has 1 aliphatic heterocycles. The molecule has 0 bridgehead atoms. The molecule has 3 aromatic rings. The van der Waals surface area contributed by atoms with Gasteiger partial charge in [-0.2, -0.15) is 10.2 Å². The number of amides is 2. The van der Waals surface area contributed by atoms with Crippen LogP contribution in [0, 0.1) is 0 Å². The summed E-state index contributed by atoms with van der Waals surface area (Å²) in [7, 11) is -1.68. The maximum Gasteiger partial charge on any atom is 0.274 e. The van der Waals surface area contributed by atoms with Gasteiger partial charge in [0.1, 0.15) is 5.69 Å². The number of hydrogen-bond acceptors (Lipinski definition) is 6. The van der Waals surface area contributed by atoms with Crippen LogP contribution in [0.5, 0.6) is 0 Å². The summed E-state index contributed by atoms with van der Waals surface area (Å²) in [4.78, 5) is 27.4. The van der Waals surface area contributed by atoms with Crippen molar-refractivity contribution < 1.29 is 18.0 Å². The number of H-pyrrole nitrogens is 1. The number of aromatic amines is 1. The summed E-state index contributed by atoms with van der Waals surface area (Å²) in [5.74, 6) is -0.406. The van der Waals surface area contributed by atoms with Crippen molar-refractivity contribution in [3.63, 3.8) is 0 Å². The molecule has 168 valence electrons. The number of aryl methyl sites for hydroxylation is 1. The van der Waals surface area contributed by atoms with Crippen LogP contribution in [0.15, 0.2) is 36.5 Å². The Balaban J connectivity index is 1.48. The minimum atomic E-state index is -3.38. The van der Waals surface area contributed by atoms with E-state index in [4.69, 9.17) is 0 Å². The Morgan fingerprint density at radius 1 is 1.16 bits per heavy atom. The van der Waals surface area contributed by atoms with Gasteiger partial charge in [-0.05, 0) is 30.3 Å². The summed E-state index contributed by atoms with van der Waals surface area (Å²) in [6, 6.07) is 8.09. The number of rotatable bonds is 6. The first kappa shape index (κ1) is 21.6. The Morgan fingerprint density at radius 3 is 2.53 bits per heavy atom. The predicted octanol–water partition coefficient (Wildman–Crippen LogP) is 0.894. The topological polar surface area (TPSA) is 142 Å². The van der Waals surface area contributed by atoms with E-state index in [1.54, 1.807) is 48.5 Å². The summed E-state index contributed by atoms with van der Waals surface area (Å²) < 4.78 is 26.6. The smallest absolute Gasteiger partial charge is 0.274 e. The van der Waals surface area contributed by atoms with Gasteiger partial charge in [-0.15, -0.1) is 0 Å². The van der Waals surface area contributed by atoms with Crippen LogP contribution >= 0.6 is 0 Å². The normalized spacial score (nSPS) is 13.5. The zero-order chi connectivity index (χ0) is 22.9. The number of carbonyl (C=O) groups is 2. The Bertz CT molecular complexity index is 1250. The summed E-state index contributed by atoms with van der Waals surface area (Å²) in [6.07, 6.45) is 3.45. The summed E-state index contributed by atoms with van der Waals surface area (Å²) in [5.41, 5.74) is 3.55. The highest BCUT2D eigenvalue weighted by molar-refractivity contribution is 7.92. The monoisotopic (exact) mass is 457 g/mol. The highest BCUT2D eigenvalue weighted by Crippen LogP contribution is 2.24. The molecule has 2 amide bonds. The van der Waals surface area contributed by atoms with Crippen molar-refractivity contribution >= 4 is 33.2 Å². The van der Waals surface area contributed by atoms with E-state index >= 15 is 0 Å². The average Bonchev–Trinajstić information content (AvgIpc) is 3.34. The molecule has 0 fully saturated rings. The molecular formula is C20H23N7O4S. The van der Waals surface area contributed by atoms with Crippen LogP contribution < -0.4 is 10.0 Å². The van der Waals surface area contributed by atoms with E-state index in [2.05, 4.69) is 25.3 Å². The van der Waals surface area contributed by atoms with Crippen LogP contribution in [-0.4, -0.2) is 57.9 Å². The first-order chi connectivity index (χ1) is 15.2. The third-order valence-corrected chi connectivity index (χ3v) is 5.72. The number of fused-ring (bicyclic) bond motifs is 1. The van der Waals surface area contributed by atoms with Gasteiger partial charge in [-0.1, -0.05) is 0 Å². The largest absolute Gasteiger partial charge is 0.337 e. The third kappa shape index (κ3) is 4.80. The number of nitrogens with one attached hydrogen (secondary N) is 3. The molecule has 0 spiro atoms. The summed E-state index contributed by atoms with van der Waals surface area (Å²) >= 11 is 0. The van der Waals surface area contributed by atoms with Crippen molar-refractivity contribution in [2.75, 3.05) is 22.8 Å². The van der Waals surface area contributed by atoms with Crippen molar-refractivity contribution in [3.05, 3.63) is 59.2 Å². The van der Waals surface area contributed by atoms with Gasteiger partial charge in [0.25, 0.3) is 5.91 Å². The average molecular weight is 458 g/mol. The van der Waals surface area contributed by atoms with Gasteiger partial charge >= 0.3 is 0 Å². The number of carbonyl (C=O) groups excluding carboxylic acids is 2. The van der Waals surface area contributed by atoms with E-state index in [0.717, 1.165) is 23.2 Å². The summed E-state index contributed by atoms with van der Waals surface area (Å²) in [5, 5.41) is 13.9. The first-order valence-electron chi connectivity index (χ1n) is 9.89. The molecule has 0 unspecified atom stereocenters. The van der Waals surface area contributed by atoms with Crippen molar-refractivity contribution in [1.82, 2.24) is 24.9 Å². The van der Waals surface area contributed by atoms with E-state index in [0.29, 0.717) is 36.6 Å². The van der Waals surface area contributed by atoms with Crippen LogP contribution in [0.3, 0.4) is 0 Å². The van der Waals surface area contributed by atoms with Crippen LogP contribution in [0.25, 0.3) is 0 Å². The second kappa shape index (κ2) is 8.46. The molecule has 1 aliphatic rings. The lowest BCUT2D eigenvalue weighted by atomic mass is 10.0. The Hall–Kier alpha value is -3.67. The molecule has 0 aliphatic carbocycles. The van der Waals surface area contributed by atoms with Gasteiger partial charge in [-0.25, -0.2) is 8.42 Å². The van der Waals surface area contributed by atoms with E-state index in [9.17, 15) is 18.0 Å². The Kier molecular flexibility index (Phi) is 5.70. The minimum absolute atomic E-state index is 0.0518. The molecule has 1 aromatic carbocycles. The van der Waals surface area contributed by atoms with Crippen LogP contribution in [0.2, 0.25) is 0 Å². The fraction of sp³-hybridized carbons (Fsp3) is 0.300. The molecular weight excluding hydrogens is 434 g/mol. The zero-order valence-electron chi connectivity index (χ0n) is 17.6. The molecule has 0 radical (unpaired) electrons. The first-order valence-corrected chi connectivity index (χ1v) is 11.8. The highest BCUT2D eigenvalue weighted by atomic mass is 32.2. The Morgan fingerprint density at radius 2 is 1.88 bits per heavy atom. The standard InChI is InChI=1S/C20H23N7O4S/c1-26-19(20(29)22-13-3-5-14(6-4-13)25-32(2,30)31)16-12-27(10-8-17(16)24-26)18(28)11-15-7-9-21-23-15/h3-7,9,25H,8,10-12H2,1-2H3,(H,21,23)(H,22,29). The summed E-state index contributed by atoms with van der Waals surface area (Å²) in [6.45, 7) is 0.836. The van der Waals surface area contributed by atoms with Crippen molar-refractivity contribution in [2.24, 2.45) is 7.05 Å². The van der Waals surface area contributed by atoms with Crippen molar-refractivity contribution in [2.45, 2.75) is 19.4 Å². The van der Waals surface area contributed by atoms with Crippen molar-refractivity contribution in [1.29, 1.82) is 0 Å². The van der Waals surface area contributed by atoms with E-state index < -0.39 is 10.0 Å². The van der Waals surface area contributed by atoms with Gasteiger partial charge in [0.05, 0.1) is 18.4 Å². The second-order valence-electron chi connectivity index (χ2n) is 7.63. The number of sulfonamides is 1. The molecule has 0 saturated heterocycles. The van der Waals surface area contributed by atoms with E-state index in [1.807, 2.05) is 0 Å². The molecule has 32 heavy (non-hydrogen) atoms. The van der Waals surface area contributed by atoms with Gasteiger partial charge < -0.3 is 10.2 Å². The molecule has 4 rings (SSSR count). The molecule has 2 aromatic heterocycles. The zero-order valence-corrected chi connectivity index (χ0v) is 18.4. The molecule has 3 N–H and O–H groups in total. The fourth-order valence-electron chi connectivity index (χ4n) is 3.68. The van der Waals surface area contributed by atoms with Gasteiger partial charge in [-0.3, -0.25) is 24.1 Å². The maximum atomic E-state index is 13.0. The minimum Gasteiger partial charge on any atom is -0.337 e. The fourth-order valence-corrected chi connectivity index (χ4v) is 4.25. The van der Waals surface area contributed by atoms with Crippen molar-refractivity contribution in [3.8, 4) is 0 Å². The second-order valence-corrected chi connectivity index (χ2v) is 9.38. The Labute approximate surface area is 184 Å². The highest BCUT2D eigenvalue weighted by Gasteiger charge is 2.29. The van der Waals surface area contributed by atoms with Gasteiger partial charge in [0.15, 0.2) is 0 Å². The SMILES string of the molecule is Cn1nc2c(c1C(=O)Nc1ccc(NS(C)(=O)=O)cc1)CN(C(=O)Cc1ccn[nH]1)CC2. The van der Waals surface area contributed by atoms with E-state index in [1.165, 1.54) is 4.68 Å². The molecule has 11 nitrogen and oxygen atoms in total.